The van der Waals surface area contributed by atoms with Gasteiger partial charge >= 0.3 is 0 Å². The van der Waals surface area contributed by atoms with E-state index in [2.05, 4.69) is 24.1 Å². The van der Waals surface area contributed by atoms with E-state index in [-0.39, 0.29) is 17.9 Å². The molecule has 0 aromatic heterocycles. The lowest BCUT2D eigenvalue weighted by atomic mass is 9.94. The van der Waals surface area contributed by atoms with E-state index in [1.165, 1.54) is 12.8 Å². The van der Waals surface area contributed by atoms with Crippen LogP contribution >= 0.6 is 0 Å². The number of carbonyl (C=O) groups is 2. The maximum absolute atomic E-state index is 12.8. The van der Waals surface area contributed by atoms with Crippen molar-refractivity contribution in [2.24, 2.45) is 11.8 Å². The lowest BCUT2D eigenvalue weighted by molar-refractivity contribution is -0.133. The zero-order valence-corrected chi connectivity index (χ0v) is 15.0. The van der Waals surface area contributed by atoms with Crippen LogP contribution in [0.3, 0.4) is 0 Å². The molecule has 1 aliphatic carbocycles. The quantitative estimate of drug-likeness (QED) is 0.812. The second-order valence-electron chi connectivity index (χ2n) is 7.29. The zero-order chi connectivity index (χ0) is 16.8. The second kappa shape index (κ2) is 8.67. The molecule has 1 aliphatic heterocycles. The van der Waals surface area contributed by atoms with Crippen LogP contribution in [-0.4, -0.2) is 60.4 Å². The van der Waals surface area contributed by atoms with Gasteiger partial charge in [-0.3, -0.25) is 14.5 Å². The molecule has 0 spiro atoms. The fourth-order valence-corrected chi connectivity index (χ4v) is 3.79. The first-order valence-electron chi connectivity index (χ1n) is 9.30. The van der Waals surface area contributed by atoms with Gasteiger partial charge in [0, 0.05) is 39.6 Å². The van der Waals surface area contributed by atoms with Crippen molar-refractivity contribution in [3.8, 4) is 0 Å². The predicted octanol–water partition coefficient (Wildman–Crippen LogP) is 1.87. The molecule has 0 aromatic rings. The molecule has 23 heavy (non-hydrogen) atoms. The van der Waals surface area contributed by atoms with E-state index in [0.717, 1.165) is 52.0 Å². The number of hydrogen-bond donors (Lipinski definition) is 1. The smallest absolute Gasteiger partial charge is 0.237 e. The van der Waals surface area contributed by atoms with Crippen LogP contribution in [0.25, 0.3) is 0 Å². The maximum atomic E-state index is 12.8. The zero-order valence-electron chi connectivity index (χ0n) is 15.0. The molecule has 2 atom stereocenters. The van der Waals surface area contributed by atoms with Gasteiger partial charge in [0.05, 0.1) is 6.04 Å². The molecule has 0 radical (unpaired) electrons. The van der Waals surface area contributed by atoms with E-state index >= 15 is 0 Å². The van der Waals surface area contributed by atoms with Gasteiger partial charge in [0.2, 0.25) is 11.8 Å². The fraction of sp³-hybridized carbons (Fsp3) is 0.889. The number of nitrogens with one attached hydrogen (secondary N) is 1. The van der Waals surface area contributed by atoms with E-state index in [9.17, 15) is 9.59 Å². The van der Waals surface area contributed by atoms with Crippen LogP contribution in [0.15, 0.2) is 0 Å². The maximum Gasteiger partial charge on any atom is 0.237 e. The van der Waals surface area contributed by atoms with Gasteiger partial charge in [-0.1, -0.05) is 33.1 Å². The van der Waals surface area contributed by atoms with Crippen molar-refractivity contribution in [1.82, 2.24) is 15.1 Å². The first-order chi connectivity index (χ1) is 11.0. The topological polar surface area (TPSA) is 52.7 Å². The lowest BCUT2D eigenvalue weighted by Gasteiger charge is -2.40. The summed E-state index contributed by atoms with van der Waals surface area (Å²) in [4.78, 5) is 28.5. The highest BCUT2D eigenvalue weighted by atomic mass is 16.2. The largest absolute Gasteiger partial charge is 0.354 e. The van der Waals surface area contributed by atoms with Gasteiger partial charge in [0.1, 0.15) is 0 Å². The highest BCUT2D eigenvalue weighted by Crippen LogP contribution is 2.31. The van der Waals surface area contributed by atoms with Crippen LogP contribution in [0.5, 0.6) is 0 Å². The number of amides is 2. The summed E-state index contributed by atoms with van der Waals surface area (Å²) in [6.07, 6.45) is 5.90. The molecule has 5 heteroatoms. The lowest BCUT2D eigenvalue weighted by Crippen LogP contribution is -2.58. The summed E-state index contributed by atoms with van der Waals surface area (Å²) in [5.41, 5.74) is 0. The average Bonchev–Trinajstić information content (AvgIpc) is 3.07. The standard InChI is InChI=1S/C18H33N3O2/c1-4-14(2)13-19-18(23)17(16-7-5-6-8-16)21-11-9-20(10-12-21)15(3)22/h14,16-17H,4-13H2,1-3H3,(H,19,23). The Bertz CT molecular complexity index is 399. The Morgan fingerprint density at radius 1 is 1.13 bits per heavy atom. The summed E-state index contributed by atoms with van der Waals surface area (Å²) in [6, 6.07) is -0.00401. The van der Waals surface area contributed by atoms with E-state index < -0.39 is 0 Å². The normalized spacial score (nSPS) is 22.8. The van der Waals surface area contributed by atoms with Gasteiger partial charge in [0.25, 0.3) is 0 Å². The molecule has 1 heterocycles. The number of piperazine rings is 1. The fourth-order valence-electron chi connectivity index (χ4n) is 3.79. The summed E-state index contributed by atoms with van der Waals surface area (Å²) in [5, 5.41) is 3.18. The van der Waals surface area contributed by atoms with Gasteiger partial charge in [0.15, 0.2) is 0 Å². The minimum Gasteiger partial charge on any atom is -0.354 e. The van der Waals surface area contributed by atoms with Gasteiger partial charge in [-0.05, 0) is 24.7 Å². The van der Waals surface area contributed by atoms with E-state index in [1.54, 1.807) is 6.92 Å². The third kappa shape index (κ3) is 4.93. The first-order valence-corrected chi connectivity index (χ1v) is 9.30. The highest BCUT2D eigenvalue weighted by molar-refractivity contribution is 5.82. The molecule has 2 amide bonds. The van der Waals surface area contributed by atoms with Crippen LogP contribution in [0.2, 0.25) is 0 Å². The number of hydrogen-bond acceptors (Lipinski definition) is 3. The molecule has 2 rings (SSSR count). The molecule has 2 unspecified atom stereocenters. The molecule has 1 saturated carbocycles. The third-order valence-corrected chi connectivity index (χ3v) is 5.59. The minimum absolute atomic E-state index is 0.00401. The van der Waals surface area contributed by atoms with Crippen LogP contribution in [0.1, 0.15) is 52.9 Å². The highest BCUT2D eigenvalue weighted by Gasteiger charge is 2.36. The number of carbonyl (C=O) groups excluding carboxylic acids is 2. The van der Waals surface area contributed by atoms with Crippen LogP contribution < -0.4 is 5.32 Å². The summed E-state index contributed by atoms with van der Waals surface area (Å²) in [5.74, 6) is 1.35. The van der Waals surface area contributed by atoms with Gasteiger partial charge in [-0.25, -0.2) is 0 Å². The molecule has 5 nitrogen and oxygen atoms in total. The van der Waals surface area contributed by atoms with Crippen LogP contribution in [0.4, 0.5) is 0 Å². The molecule has 1 N–H and O–H groups in total. The third-order valence-electron chi connectivity index (χ3n) is 5.59. The molecule has 0 aromatic carbocycles. The van der Waals surface area contributed by atoms with Gasteiger partial charge < -0.3 is 10.2 Å². The van der Waals surface area contributed by atoms with E-state index in [1.807, 2.05) is 4.90 Å². The second-order valence-corrected chi connectivity index (χ2v) is 7.29. The van der Waals surface area contributed by atoms with Crippen molar-refractivity contribution in [2.45, 2.75) is 58.9 Å². The Balaban J connectivity index is 1.97. The van der Waals surface area contributed by atoms with Crippen molar-refractivity contribution in [1.29, 1.82) is 0 Å². The van der Waals surface area contributed by atoms with Crippen molar-refractivity contribution in [3.05, 3.63) is 0 Å². The molecule has 2 fully saturated rings. The molecular formula is C18H33N3O2. The Hall–Kier alpha value is -1.10. The van der Waals surface area contributed by atoms with Crippen molar-refractivity contribution in [3.63, 3.8) is 0 Å². The van der Waals surface area contributed by atoms with Crippen molar-refractivity contribution >= 4 is 11.8 Å². The Labute approximate surface area is 140 Å². The minimum atomic E-state index is -0.00401. The number of rotatable bonds is 6. The Morgan fingerprint density at radius 2 is 1.74 bits per heavy atom. The summed E-state index contributed by atoms with van der Waals surface area (Å²) in [7, 11) is 0. The molecule has 132 valence electrons. The first kappa shape index (κ1) is 18.2. The number of nitrogens with zero attached hydrogens (tertiary/aromatic N) is 2. The predicted molar refractivity (Wildman–Crippen MR) is 92.0 cm³/mol. The SMILES string of the molecule is CCC(C)CNC(=O)C(C1CCCC1)N1CCN(C(C)=O)CC1. The molecule has 0 bridgehead atoms. The summed E-state index contributed by atoms with van der Waals surface area (Å²) >= 11 is 0. The molecule has 1 saturated heterocycles. The monoisotopic (exact) mass is 323 g/mol. The summed E-state index contributed by atoms with van der Waals surface area (Å²) < 4.78 is 0. The van der Waals surface area contributed by atoms with Gasteiger partial charge in [-0.15, -0.1) is 0 Å². The van der Waals surface area contributed by atoms with Crippen LogP contribution in [-0.2, 0) is 9.59 Å². The van der Waals surface area contributed by atoms with Crippen molar-refractivity contribution in [2.75, 3.05) is 32.7 Å². The Morgan fingerprint density at radius 3 is 2.26 bits per heavy atom. The molecular weight excluding hydrogens is 290 g/mol. The average molecular weight is 323 g/mol. The van der Waals surface area contributed by atoms with E-state index in [0.29, 0.717) is 11.8 Å². The summed E-state index contributed by atoms with van der Waals surface area (Å²) in [6.45, 7) is 9.86. The Kier molecular flexibility index (Phi) is 6.88. The van der Waals surface area contributed by atoms with Gasteiger partial charge in [-0.2, -0.15) is 0 Å². The van der Waals surface area contributed by atoms with Crippen LogP contribution in [0, 0.1) is 11.8 Å². The van der Waals surface area contributed by atoms with Crippen molar-refractivity contribution < 1.29 is 9.59 Å². The molecule has 2 aliphatic rings. The van der Waals surface area contributed by atoms with E-state index in [4.69, 9.17) is 0 Å².